The van der Waals surface area contributed by atoms with Crippen LogP contribution in [0.2, 0.25) is 0 Å². The Morgan fingerprint density at radius 3 is 2.93 bits per heavy atom. The van der Waals surface area contributed by atoms with Crippen molar-refractivity contribution in [2.75, 3.05) is 0 Å². The van der Waals surface area contributed by atoms with Crippen LogP contribution in [-0.2, 0) is 6.42 Å². The van der Waals surface area contributed by atoms with Crippen LogP contribution in [0.15, 0.2) is 36.5 Å². The van der Waals surface area contributed by atoms with E-state index in [4.69, 9.17) is 0 Å². The second kappa shape index (κ2) is 6.36. The molecular weight excluding hydrogens is 186 g/mol. The first-order valence-corrected chi connectivity index (χ1v) is 5.47. The molecule has 2 nitrogen and oxygen atoms in total. The molecule has 1 heterocycles. The van der Waals surface area contributed by atoms with Crippen LogP contribution in [0.1, 0.15) is 31.9 Å². The predicted molar refractivity (Wildman–Crippen MR) is 62.6 cm³/mol. The molecule has 2 heteroatoms. The van der Waals surface area contributed by atoms with Gasteiger partial charge in [0, 0.05) is 11.9 Å². The first-order valence-electron chi connectivity index (χ1n) is 5.47. The molecule has 0 bridgehead atoms. The summed E-state index contributed by atoms with van der Waals surface area (Å²) in [5.74, 6) is 0. The van der Waals surface area contributed by atoms with Crippen LogP contribution in [0.4, 0.5) is 0 Å². The highest BCUT2D eigenvalue weighted by atomic mass is 16.3. The van der Waals surface area contributed by atoms with E-state index in [9.17, 15) is 5.11 Å². The predicted octanol–water partition coefficient (Wildman–Crippen LogP) is 2.73. The minimum Gasteiger partial charge on any atom is -0.393 e. The molecule has 15 heavy (non-hydrogen) atoms. The second-order valence-electron chi connectivity index (χ2n) is 3.82. The molecule has 0 aromatic carbocycles. The largest absolute Gasteiger partial charge is 0.393 e. The Hall–Kier alpha value is -1.15. The van der Waals surface area contributed by atoms with Gasteiger partial charge in [-0.2, -0.15) is 0 Å². The summed E-state index contributed by atoms with van der Waals surface area (Å²) >= 11 is 0. The lowest BCUT2D eigenvalue weighted by Crippen LogP contribution is -2.09. The Balaban J connectivity index is 2.28. The second-order valence-corrected chi connectivity index (χ2v) is 3.82. The molecule has 0 saturated carbocycles. The van der Waals surface area contributed by atoms with Gasteiger partial charge in [-0.3, -0.25) is 4.98 Å². The summed E-state index contributed by atoms with van der Waals surface area (Å²) in [6.07, 6.45) is 4.76. The van der Waals surface area contributed by atoms with E-state index in [0.717, 1.165) is 30.5 Å². The zero-order valence-electron chi connectivity index (χ0n) is 9.32. The maximum atomic E-state index is 9.72. The third-order valence-electron chi connectivity index (χ3n) is 2.48. The lowest BCUT2D eigenvalue weighted by Gasteiger charge is -2.10. The lowest BCUT2D eigenvalue weighted by molar-refractivity contribution is 0.164. The molecule has 0 fully saturated rings. The summed E-state index contributed by atoms with van der Waals surface area (Å²) in [6, 6.07) is 5.86. The summed E-state index contributed by atoms with van der Waals surface area (Å²) in [6.45, 7) is 5.96. The van der Waals surface area contributed by atoms with Gasteiger partial charge in [0.25, 0.3) is 0 Å². The number of aryl methyl sites for hydroxylation is 1. The maximum Gasteiger partial charge on any atom is 0.0580 e. The van der Waals surface area contributed by atoms with Gasteiger partial charge in [0.05, 0.1) is 6.10 Å². The normalized spacial score (nSPS) is 12.4. The molecule has 82 valence electrons. The molecule has 1 atom stereocenters. The van der Waals surface area contributed by atoms with Gasteiger partial charge in [-0.1, -0.05) is 25.1 Å². The quantitative estimate of drug-likeness (QED) is 0.724. The van der Waals surface area contributed by atoms with Crippen LogP contribution in [0, 0.1) is 0 Å². The molecule has 1 N–H and O–H groups in total. The number of hydrogen-bond acceptors (Lipinski definition) is 2. The standard InChI is InChI=1S/C13H19NO/c1-3-11(2)10-13(15)8-7-12-6-4-5-9-14-12/h4-6,9,13,15H,2-3,7-8,10H2,1H3. The minimum atomic E-state index is -0.278. The average Bonchev–Trinajstić information content (AvgIpc) is 2.27. The summed E-state index contributed by atoms with van der Waals surface area (Å²) in [7, 11) is 0. The highest BCUT2D eigenvalue weighted by Gasteiger charge is 2.06. The fraction of sp³-hybridized carbons (Fsp3) is 0.462. The van der Waals surface area contributed by atoms with Crippen molar-refractivity contribution in [3.8, 4) is 0 Å². The molecule has 1 aromatic heterocycles. The average molecular weight is 205 g/mol. The van der Waals surface area contributed by atoms with E-state index in [1.807, 2.05) is 18.2 Å². The summed E-state index contributed by atoms with van der Waals surface area (Å²) < 4.78 is 0. The van der Waals surface area contributed by atoms with Crippen LogP contribution in [0.25, 0.3) is 0 Å². The highest BCUT2D eigenvalue weighted by Crippen LogP contribution is 2.11. The first kappa shape index (κ1) is 11.9. The van der Waals surface area contributed by atoms with Crippen molar-refractivity contribution < 1.29 is 5.11 Å². The fourth-order valence-corrected chi connectivity index (χ4v) is 1.44. The van der Waals surface area contributed by atoms with Crippen molar-refractivity contribution in [2.24, 2.45) is 0 Å². The molecular formula is C13H19NO. The number of aliphatic hydroxyl groups is 1. The molecule has 0 aliphatic carbocycles. The summed E-state index contributed by atoms with van der Waals surface area (Å²) in [4.78, 5) is 4.22. The molecule has 0 aliphatic rings. The smallest absolute Gasteiger partial charge is 0.0580 e. The van der Waals surface area contributed by atoms with Crippen molar-refractivity contribution in [2.45, 2.75) is 38.7 Å². The van der Waals surface area contributed by atoms with E-state index in [-0.39, 0.29) is 6.10 Å². The van der Waals surface area contributed by atoms with Crippen molar-refractivity contribution in [1.82, 2.24) is 4.98 Å². The van der Waals surface area contributed by atoms with Gasteiger partial charge in [0.2, 0.25) is 0 Å². The lowest BCUT2D eigenvalue weighted by atomic mass is 10.0. The topological polar surface area (TPSA) is 33.1 Å². The van der Waals surface area contributed by atoms with Crippen LogP contribution in [0.3, 0.4) is 0 Å². The molecule has 0 radical (unpaired) electrons. The Kier molecular flexibility index (Phi) is 5.05. The van der Waals surface area contributed by atoms with Crippen molar-refractivity contribution in [1.29, 1.82) is 0 Å². The van der Waals surface area contributed by atoms with Gasteiger partial charge in [-0.15, -0.1) is 0 Å². The summed E-state index contributed by atoms with van der Waals surface area (Å²) in [5, 5.41) is 9.72. The Labute approximate surface area is 91.7 Å². The Morgan fingerprint density at radius 2 is 2.33 bits per heavy atom. The maximum absolute atomic E-state index is 9.72. The molecule has 1 unspecified atom stereocenters. The van der Waals surface area contributed by atoms with Gasteiger partial charge in [0.1, 0.15) is 0 Å². The molecule has 0 amide bonds. The number of nitrogens with zero attached hydrogens (tertiary/aromatic N) is 1. The van der Waals surface area contributed by atoms with Crippen LogP contribution in [-0.4, -0.2) is 16.2 Å². The molecule has 0 spiro atoms. The molecule has 0 aliphatic heterocycles. The fourth-order valence-electron chi connectivity index (χ4n) is 1.44. The van der Waals surface area contributed by atoms with E-state index in [1.165, 1.54) is 0 Å². The molecule has 0 saturated heterocycles. The molecule has 1 rings (SSSR count). The highest BCUT2D eigenvalue weighted by molar-refractivity contribution is 5.04. The van der Waals surface area contributed by atoms with Crippen molar-refractivity contribution in [3.05, 3.63) is 42.2 Å². The van der Waals surface area contributed by atoms with E-state index in [2.05, 4.69) is 18.5 Å². The van der Waals surface area contributed by atoms with E-state index >= 15 is 0 Å². The van der Waals surface area contributed by atoms with E-state index in [1.54, 1.807) is 6.20 Å². The SMILES string of the molecule is C=C(CC)CC(O)CCc1ccccn1. The van der Waals surface area contributed by atoms with E-state index < -0.39 is 0 Å². The van der Waals surface area contributed by atoms with Crippen LogP contribution in [0.5, 0.6) is 0 Å². The molecule has 1 aromatic rings. The van der Waals surface area contributed by atoms with Crippen molar-refractivity contribution >= 4 is 0 Å². The first-order chi connectivity index (χ1) is 7.22. The van der Waals surface area contributed by atoms with Crippen LogP contribution < -0.4 is 0 Å². The number of rotatable bonds is 6. The van der Waals surface area contributed by atoms with Gasteiger partial charge in [-0.25, -0.2) is 0 Å². The monoisotopic (exact) mass is 205 g/mol. The number of aliphatic hydroxyl groups excluding tert-OH is 1. The van der Waals surface area contributed by atoms with Gasteiger partial charge in [0.15, 0.2) is 0 Å². The van der Waals surface area contributed by atoms with Gasteiger partial charge in [-0.05, 0) is 37.8 Å². The Bertz CT molecular complexity index is 295. The van der Waals surface area contributed by atoms with Gasteiger partial charge < -0.3 is 5.11 Å². The summed E-state index contributed by atoms with van der Waals surface area (Å²) in [5.41, 5.74) is 2.15. The zero-order chi connectivity index (χ0) is 11.1. The number of hydrogen-bond donors (Lipinski definition) is 1. The Morgan fingerprint density at radius 1 is 1.53 bits per heavy atom. The van der Waals surface area contributed by atoms with E-state index in [0.29, 0.717) is 6.42 Å². The minimum absolute atomic E-state index is 0.278. The van der Waals surface area contributed by atoms with Crippen LogP contribution >= 0.6 is 0 Å². The van der Waals surface area contributed by atoms with Crippen molar-refractivity contribution in [3.63, 3.8) is 0 Å². The third kappa shape index (κ3) is 4.75. The van der Waals surface area contributed by atoms with Gasteiger partial charge >= 0.3 is 0 Å². The zero-order valence-corrected chi connectivity index (χ0v) is 9.32. The third-order valence-corrected chi connectivity index (χ3v) is 2.48. The number of aromatic nitrogens is 1. The number of pyridine rings is 1.